The zero-order valence-electron chi connectivity index (χ0n) is 12.9. The van der Waals surface area contributed by atoms with E-state index in [2.05, 4.69) is 24.8 Å². The molecule has 112 valence electrons. The van der Waals surface area contributed by atoms with Crippen molar-refractivity contribution < 1.29 is 4.79 Å². The highest BCUT2D eigenvalue weighted by atomic mass is 16.2. The number of carbonyl (C=O) groups is 1. The second-order valence-electron chi connectivity index (χ2n) is 6.28. The van der Waals surface area contributed by atoms with Crippen molar-refractivity contribution in [3.63, 3.8) is 0 Å². The van der Waals surface area contributed by atoms with Crippen LogP contribution in [0.4, 0.5) is 0 Å². The van der Waals surface area contributed by atoms with Crippen molar-refractivity contribution in [3.8, 4) is 6.07 Å². The Balaban J connectivity index is 2.09. The van der Waals surface area contributed by atoms with E-state index in [4.69, 9.17) is 0 Å². The number of nitrogens with zero attached hydrogens (tertiary/aromatic N) is 3. The molecule has 0 aliphatic carbocycles. The molecule has 20 heavy (non-hydrogen) atoms. The maximum absolute atomic E-state index is 12.9. The Labute approximate surface area is 122 Å². The van der Waals surface area contributed by atoms with Gasteiger partial charge in [-0.3, -0.25) is 9.69 Å². The monoisotopic (exact) mass is 277 g/mol. The number of piperazine rings is 1. The van der Waals surface area contributed by atoms with E-state index in [1.165, 1.54) is 19.4 Å². The summed E-state index contributed by atoms with van der Waals surface area (Å²) in [6.07, 6.45) is 5.62. The Hall–Kier alpha value is -1.08. The average Bonchev–Trinajstić information content (AvgIpc) is 2.93. The summed E-state index contributed by atoms with van der Waals surface area (Å²) in [7, 11) is 0. The van der Waals surface area contributed by atoms with E-state index in [1.54, 1.807) is 0 Å². The predicted molar refractivity (Wildman–Crippen MR) is 79.0 cm³/mol. The first-order chi connectivity index (χ1) is 9.66. The molecule has 1 atom stereocenters. The van der Waals surface area contributed by atoms with Crippen LogP contribution in [0.25, 0.3) is 0 Å². The molecule has 0 spiro atoms. The summed E-state index contributed by atoms with van der Waals surface area (Å²) >= 11 is 0. The van der Waals surface area contributed by atoms with Crippen LogP contribution in [0, 0.1) is 16.7 Å². The second-order valence-corrected chi connectivity index (χ2v) is 6.28. The number of amides is 1. The van der Waals surface area contributed by atoms with Crippen LogP contribution in [0.1, 0.15) is 52.4 Å². The Morgan fingerprint density at radius 2 is 1.95 bits per heavy atom. The molecular weight excluding hydrogens is 250 g/mol. The van der Waals surface area contributed by atoms with Crippen LogP contribution >= 0.6 is 0 Å². The molecule has 0 aromatic rings. The molecule has 2 aliphatic heterocycles. The fraction of sp³-hybridized carbons (Fsp3) is 0.875. The highest BCUT2D eigenvalue weighted by Crippen LogP contribution is 2.33. The third-order valence-corrected chi connectivity index (χ3v) is 4.85. The van der Waals surface area contributed by atoms with Crippen LogP contribution in [0.5, 0.6) is 0 Å². The van der Waals surface area contributed by atoms with E-state index >= 15 is 0 Å². The predicted octanol–water partition coefficient (Wildman–Crippen LogP) is 2.40. The van der Waals surface area contributed by atoms with Gasteiger partial charge < -0.3 is 4.90 Å². The van der Waals surface area contributed by atoms with Gasteiger partial charge in [-0.1, -0.05) is 26.7 Å². The molecule has 0 radical (unpaired) electrons. The lowest BCUT2D eigenvalue weighted by Gasteiger charge is -2.40. The summed E-state index contributed by atoms with van der Waals surface area (Å²) in [4.78, 5) is 17.4. The minimum Gasteiger partial charge on any atom is -0.338 e. The fourth-order valence-corrected chi connectivity index (χ4v) is 3.83. The molecule has 2 saturated heterocycles. The van der Waals surface area contributed by atoms with Gasteiger partial charge >= 0.3 is 0 Å². The highest BCUT2D eigenvalue weighted by Gasteiger charge is 2.42. The lowest BCUT2D eigenvalue weighted by Crippen LogP contribution is -2.55. The van der Waals surface area contributed by atoms with E-state index in [0.717, 1.165) is 32.5 Å². The summed E-state index contributed by atoms with van der Waals surface area (Å²) in [6, 6.07) is 2.90. The SMILES string of the molecule is CCCC(C#N)(CCC)C(=O)N1CCN2CCCC2C1. The smallest absolute Gasteiger partial charge is 0.243 e. The Kier molecular flexibility index (Phi) is 5.04. The molecule has 1 amide bonds. The maximum atomic E-state index is 12.9. The molecule has 0 aromatic heterocycles. The van der Waals surface area contributed by atoms with Gasteiger partial charge in [-0.05, 0) is 32.2 Å². The highest BCUT2D eigenvalue weighted by molar-refractivity contribution is 5.85. The quantitative estimate of drug-likeness (QED) is 0.775. The van der Waals surface area contributed by atoms with Gasteiger partial charge in [0.15, 0.2) is 0 Å². The molecular formula is C16H27N3O. The summed E-state index contributed by atoms with van der Waals surface area (Å²) in [6.45, 7) is 7.91. The van der Waals surface area contributed by atoms with E-state index in [-0.39, 0.29) is 5.91 Å². The molecule has 2 fully saturated rings. The molecule has 1 unspecified atom stereocenters. The number of nitriles is 1. The van der Waals surface area contributed by atoms with Gasteiger partial charge in [0.2, 0.25) is 5.91 Å². The van der Waals surface area contributed by atoms with Gasteiger partial charge in [-0.25, -0.2) is 0 Å². The zero-order valence-corrected chi connectivity index (χ0v) is 12.9. The minimum atomic E-state index is -0.774. The van der Waals surface area contributed by atoms with Crippen LogP contribution in [0.3, 0.4) is 0 Å². The molecule has 0 saturated carbocycles. The van der Waals surface area contributed by atoms with Gasteiger partial charge in [0.1, 0.15) is 5.41 Å². The summed E-state index contributed by atoms with van der Waals surface area (Å²) in [5.74, 6) is 0.0928. The van der Waals surface area contributed by atoms with Crippen molar-refractivity contribution in [2.75, 3.05) is 26.2 Å². The van der Waals surface area contributed by atoms with Crippen molar-refractivity contribution in [1.29, 1.82) is 5.26 Å². The standard InChI is InChI=1S/C16H27N3O/c1-3-7-16(13-17,8-4-2)15(20)19-11-10-18-9-5-6-14(18)12-19/h14H,3-12H2,1-2H3. The van der Waals surface area contributed by atoms with E-state index in [9.17, 15) is 10.1 Å². The molecule has 4 nitrogen and oxygen atoms in total. The fourth-order valence-electron chi connectivity index (χ4n) is 3.83. The van der Waals surface area contributed by atoms with Gasteiger partial charge in [0, 0.05) is 25.7 Å². The Bertz CT molecular complexity index is 382. The van der Waals surface area contributed by atoms with E-state index in [0.29, 0.717) is 18.9 Å². The lowest BCUT2D eigenvalue weighted by atomic mass is 9.79. The zero-order chi connectivity index (χ0) is 14.6. The number of rotatable bonds is 5. The van der Waals surface area contributed by atoms with Crippen LogP contribution in [-0.2, 0) is 4.79 Å². The van der Waals surface area contributed by atoms with Gasteiger partial charge in [-0.15, -0.1) is 0 Å². The van der Waals surface area contributed by atoms with Crippen LogP contribution < -0.4 is 0 Å². The molecule has 2 heterocycles. The van der Waals surface area contributed by atoms with Crippen LogP contribution in [0.2, 0.25) is 0 Å². The first-order valence-electron chi connectivity index (χ1n) is 8.11. The van der Waals surface area contributed by atoms with Gasteiger partial charge in [-0.2, -0.15) is 5.26 Å². The lowest BCUT2D eigenvalue weighted by molar-refractivity contribution is -0.142. The third kappa shape index (κ3) is 2.83. The van der Waals surface area contributed by atoms with E-state index < -0.39 is 5.41 Å². The molecule has 0 bridgehead atoms. The topological polar surface area (TPSA) is 47.3 Å². The first kappa shape index (κ1) is 15.3. The second kappa shape index (κ2) is 6.58. The van der Waals surface area contributed by atoms with E-state index in [1.807, 2.05) is 4.90 Å². The molecule has 4 heteroatoms. The van der Waals surface area contributed by atoms with Crippen LogP contribution in [0.15, 0.2) is 0 Å². The van der Waals surface area contributed by atoms with Crippen molar-refractivity contribution in [2.24, 2.45) is 5.41 Å². The molecule has 2 rings (SSSR count). The molecule has 0 aromatic carbocycles. The summed E-state index contributed by atoms with van der Waals surface area (Å²) in [5, 5.41) is 9.62. The number of carbonyl (C=O) groups excluding carboxylic acids is 1. The summed E-state index contributed by atoms with van der Waals surface area (Å²) in [5.41, 5.74) is -0.774. The number of fused-ring (bicyclic) bond motifs is 1. The van der Waals surface area contributed by atoms with Crippen molar-refractivity contribution in [2.45, 2.75) is 58.4 Å². The van der Waals surface area contributed by atoms with Gasteiger partial charge in [0.25, 0.3) is 0 Å². The summed E-state index contributed by atoms with van der Waals surface area (Å²) < 4.78 is 0. The normalized spacial score (nSPS) is 23.4. The van der Waals surface area contributed by atoms with Crippen LogP contribution in [-0.4, -0.2) is 47.9 Å². The Morgan fingerprint density at radius 3 is 2.55 bits per heavy atom. The minimum absolute atomic E-state index is 0.0928. The Morgan fingerprint density at radius 1 is 1.25 bits per heavy atom. The van der Waals surface area contributed by atoms with Crippen molar-refractivity contribution >= 4 is 5.91 Å². The van der Waals surface area contributed by atoms with Crippen molar-refractivity contribution in [3.05, 3.63) is 0 Å². The number of hydrogen-bond donors (Lipinski definition) is 0. The largest absolute Gasteiger partial charge is 0.338 e. The maximum Gasteiger partial charge on any atom is 0.243 e. The molecule has 2 aliphatic rings. The van der Waals surface area contributed by atoms with Crippen molar-refractivity contribution in [1.82, 2.24) is 9.80 Å². The third-order valence-electron chi connectivity index (χ3n) is 4.85. The van der Waals surface area contributed by atoms with Gasteiger partial charge in [0.05, 0.1) is 6.07 Å². The first-order valence-corrected chi connectivity index (χ1v) is 8.11. The molecule has 0 N–H and O–H groups in total. The number of hydrogen-bond acceptors (Lipinski definition) is 3. The average molecular weight is 277 g/mol.